The fourth-order valence-corrected chi connectivity index (χ4v) is 3.45. The van der Waals surface area contributed by atoms with Crippen LogP contribution in [0.3, 0.4) is 0 Å². The van der Waals surface area contributed by atoms with Gasteiger partial charge in [0.05, 0.1) is 37.6 Å². The van der Waals surface area contributed by atoms with Gasteiger partial charge in [-0.05, 0) is 30.5 Å². The van der Waals surface area contributed by atoms with Crippen molar-refractivity contribution in [2.45, 2.75) is 24.4 Å². The second-order valence-electron chi connectivity index (χ2n) is 6.55. The third-order valence-corrected chi connectivity index (χ3v) is 5.07. The highest BCUT2D eigenvalue weighted by Crippen LogP contribution is 2.50. The number of amides is 1. The molecular formula is C19H21N3O3. The van der Waals surface area contributed by atoms with Gasteiger partial charge in [0.2, 0.25) is 5.91 Å². The van der Waals surface area contributed by atoms with E-state index in [2.05, 4.69) is 9.97 Å². The molecule has 0 spiro atoms. The number of nitrogens with zero attached hydrogens (tertiary/aromatic N) is 3. The number of hydrogen-bond acceptors (Lipinski definition) is 5. The number of benzene rings is 1. The summed E-state index contributed by atoms with van der Waals surface area (Å²) < 4.78 is 11.0. The van der Waals surface area contributed by atoms with Gasteiger partial charge >= 0.3 is 0 Å². The van der Waals surface area contributed by atoms with Crippen LogP contribution >= 0.6 is 0 Å². The molecule has 4 rings (SSSR count). The van der Waals surface area contributed by atoms with Gasteiger partial charge in [-0.1, -0.05) is 12.1 Å². The van der Waals surface area contributed by atoms with Crippen LogP contribution in [0.2, 0.25) is 0 Å². The van der Waals surface area contributed by atoms with Crippen molar-refractivity contribution in [3.05, 3.63) is 54.1 Å². The van der Waals surface area contributed by atoms with Crippen LogP contribution in [0.5, 0.6) is 5.75 Å². The van der Waals surface area contributed by atoms with Crippen molar-refractivity contribution in [2.24, 2.45) is 0 Å². The minimum absolute atomic E-state index is 0.190. The van der Waals surface area contributed by atoms with E-state index in [1.165, 1.54) is 0 Å². The van der Waals surface area contributed by atoms with Gasteiger partial charge in [-0.3, -0.25) is 14.8 Å². The molecule has 130 valence electrons. The molecule has 0 unspecified atom stereocenters. The zero-order chi connectivity index (χ0) is 17.3. The Morgan fingerprint density at radius 1 is 1.28 bits per heavy atom. The molecule has 1 aliphatic heterocycles. The van der Waals surface area contributed by atoms with E-state index in [-0.39, 0.29) is 17.4 Å². The number of morpholine rings is 1. The maximum Gasteiger partial charge on any atom is 0.233 e. The highest BCUT2D eigenvalue weighted by molar-refractivity contribution is 5.91. The highest BCUT2D eigenvalue weighted by Gasteiger charge is 2.53. The van der Waals surface area contributed by atoms with Crippen LogP contribution in [0.15, 0.2) is 42.9 Å². The van der Waals surface area contributed by atoms with E-state index >= 15 is 0 Å². The quantitative estimate of drug-likeness (QED) is 0.854. The summed E-state index contributed by atoms with van der Waals surface area (Å²) in [7, 11) is 1.65. The number of hydrogen-bond donors (Lipinski definition) is 0. The van der Waals surface area contributed by atoms with E-state index in [0.29, 0.717) is 19.7 Å². The van der Waals surface area contributed by atoms with Crippen molar-refractivity contribution >= 4 is 5.91 Å². The Balaban J connectivity index is 1.51. The average molecular weight is 339 g/mol. The topological polar surface area (TPSA) is 64.5 Å². The van der Waals surface area contributed by atoms with E-state index in [9.17, 15) is 4.79 Å². The smallest absolute Gasteiger partial charge is 0.233 e. The molecule has 1 atom stereocenters. The van der Waals surface area contributed by atoms with E-state index in [1.807, 2.05) is 29.2 Å². The third-order valence-electron chi connectivity index (χ3n) is 5.07. The number of carbonyl (C=O) groups is 1. The summed E-state index contributed by atoms with van der Waals surface area (Å²) in [5.74, 6) is 0.996. The molecule has 2 aliphatic rings. The SMILES string of the molecule is COc1ccc(C2(C(=O)N3CCO[C@@H](c4cnccn4)C3)CC2)cc1. The Labute approximate surface area is 146 Å². The molecule has 1 aromatic carbocycles. The predicted octanol–water partition coefficient (Wildman–Crippen LogP) is 2.12. The van der Waals surface area contributed by atoms with Gasteiger partial charge in [-0.25, -0.2) is 0 Å². The first kappa shape index (κ1) is 16.0. The van der Waals surface area contributed by atoms with E-state index in [0.717, 1.165) is 29.8 Å². The average Bonchev–Trinajstić information content (AvgIpc) is 3.50. The summed E-state index contributed by atoms with van der Waals surface area (Å²) in [6.07, 6.45) is 6.57. The van der Waals surface area contributed by atoms with Gasteiger partial charge in [0.1, 0.15) is 11.9 Å². The lowest BCUT2D eigenvalue weighted by Gasteiger charge is -2.35. The van der Waals surface area contributed by atoms with Crippen LogP contribution in [0.4, 0.5) is 0 Å². The van der Waals surface area contributed by atoms with Crippen LogP contribution in [-0.4, -0.2) is 47.6 Å². The Bertz CT molecular complexity index is 744. The molecule has 1 saturated heterocycles. The van der Waals surface area contributed by atoms with Crippen molar-refractivity contribution in [2.75, 3.05) is 26.8 Å². The Kier molecular flexibility index (Phi) is 4.13. The number of ether oxygens (including phenoxy) is 2. The molecule has 0 N–H and O–H groups in total. The van der Waals surface area contributed by atoms with Gasteiger partial charge in [-0.15, -0.1) is 0 Å². The molecule has 2 aromatic rings. The summed E-state index contributed by atoms with van der Waals surface area (Å²) in [5, 5.41) is 0. The zero-order valence-corrected chi connectivity index (χ0v) is 14.2. The second-order valence-corrected chi connectivity index (χ2v) is 6.55. The summed E-state index contributed by atoms with van der Waals surface area (Å²) >= 11 is 0. The molecule has 1 aliphatic carbocycles. The number of carbonyl (C=O) groups excluding carboxylic acids is 1. The highest BCUT2D eigenvalue weighted by atomic mass is 16.5. The van der Waals surface area contributed by atoms with Gasteiger partial charge < -0.3 is 14.4 Å². The Morgan fingerprint density at radius 3 is 2.72 bits per heavy atom. The lowest BCUT2D eigenvalue weighted by Crippen LogP contribution is -2.47. The summed E-state index contributed by atoms with van der Waals surface area (Å²) in [6, 6.07) is 7.85. The minimum atomic E-state index is -0.378. The van der Waals surface area contributed by atoms with Crippen LogP contribution in [0.25, 0.3) is 0 Å². The molecule has 6 heteroatoms. The molecule has 6 nitrogen and oxygen atoms in total. The van der Waals surface area contributed by atoms with Crippen molar-refractivity contribution in [1.29, 1.82) is 0 Å². The summed E-state index contributed by atoms with van der Waals surface area (Å²) in [6.45, 7) is 1.66. The van der Waals surface area contributed by atoms with Crippen LogP contribution in [0.1, 0.15) is 30.2 Å². The van der Waals surface area contributed by atoms with E-state index in [1.54, 1.807) is 25.7 Å². The van der Waals surface area contributed by atoms with Crippen molar-refractivity contribution in [3.8, 4) is 5.75 Å². The lowest BCUT2D eigenvalue weighted by atomic mass is 9.93. The first-order chi connectivity index (χ1) is 12.2. The number of rotatable bonds is 4. The summed E-state index contributed by atoms with van der Waals surface area (Å²) in [4.78, 5) is 23.5. The molecule has 1 aromatic heterocycles. The van der Waals surface area contributed by atoms with Crippen LogP contribution in [-0.2, 0) is 14.9 Å². The molecule has 0 radical (unpaired) electrons. The van der Waals surface area contributed by atoms with Gasteiger partial charge in [0.25, 0.3) is 0 Å². The maximum absolute atomic E-state index is 13.2. The zero-order valence-electron chi connectivity index (χ0n) is 14.2. The normalized spacial score (nSPS) is 21.6. The fraction of sp³-hybridized carbons (Fsp3) is 0.421. The first-order valence-corrected chi connectivity index (χ1v) is 8.54. The van der Waals surface area contributed by atoms with E-state index < -0.39 is 0 Å². The summed E-state index contributed by atoms with van der Waals surface area (Å²) in [5.41, 5.74) is 1.46. The Morgan fingerprint density at radius 2 is 2.08 bits per heavy atom. The van der Waals surface area contributed by atoms with Gasteiger partial charge in [0, 0.05) is 18.9 Å². The maximum atomic E-state index is 13.2. The molecule has 1 saturated carbocycles. The molecule has 0 bridgehead atoms. The third kappa shape index (κ3) is 2.98. The molecule has 2 heterocycles. The molecule has 2 fully saturated rings. The Hall–Kier alpha value is -2.47. The van der Waals surface area contributed by atoms with Crippen molar-refractivity contribution < 1.29 is 14.3 Å². The largest absolute Gasteiger partial charge is 0.497 e. The van der Waals surface area contributed by atoms with Gasteiger partial charge in [-0.2, -0.15) is 0 Å². The van der Waals surface area contributed by atoms with Crippen molar-refractivity contribution in [3.63, 3.8) is 0 Å². The number of aromatic nitrogens is 2. The fourth-order valence-electron chi connectivity index (χ4n) is 3.45. The molecular weight excluding hydrogens is 318 g/mol. The van der Waals surface area contributed by atoms with Crippen LogP contribution in [0, 0.1) is 0 Å². The molecule has 25 heavy (non-hydrogen) atoms. The standard InChI is InChI=1S/C19H21N3O3/c1-24-15-4-2-14(3-5-15)19(6-7-19)18(23)22-10-11-25-17(13-22)16-12-20-8-9-21-16/h2-5,8-9,12,17H,6-7,10-11,13H2,1H3/t17-/m1/s1. The molecule has 1 amide bonds. The first-order valence-electron chi connectivity index (χ1n) is 8.54. The lowest BCUT2D eigenvalue weighted by molar-refractivity contribution is -0.142. The monoisotopic (exact) mass is 339 g/mol. The van der Waals surface area contributed by atoms with Crippen molar-refractivity contribution in [1.82, 2.24) is 14.9 Å². The number of methoxy groups -OCH3 is 1. The van der Waals surface area contributed by atoms with Gasteiger partial charge in [0.15, 0.2) is 0 Å². The predicted molar refractivity (Wildman–Crippen MR) is 91.2 cm³/mol. The van der Waals surface area contributed by atoms with Crippen LogP contribution < -0.4 is 4.74 Å². The second kappa shape index (κ2) is 6.44. The minimum Gasteiger partial charge on any atom is -0.497 e. The van der Waals surface area contributed by atoms with E-state index in [4.69, 9.17) is 9.47 Å².